The Hall–Kier alpha value is -1.33. The van der Waals surface area contributed by atoms with E-state index in [9.17, 15) is 4.79 Å². The van der Waals surface area contributed by atoms with Gasteiger partial charge in [0.15, 0.2) is 5.76 Å². The molecule has 112 valence electrons. The first-order chi connectivity index (χ1) is 9.58. The van der Waals surface area contributed by atoms with Gasteiger partial charge in [-0.1, -0.05) is 13.8 Å². The number of carbonyl (C=O) groups is 1. The highest BCUT2D eigenvalue weighted by atomic mass is 16.5. The van der Waals surface area contributed by atoms with Crippen LogP contribution in [0.3, 0.4) is 0 Å². The lowest BCUT2D eigenvalue weighted by Crippen LogP contribution is -2.51. The molecule has 5 nitrogen and oxygen atoms in total. The summed E-state index contributed by atoms with van der Waals surface area (Å²) in [6.07, 6.45) is 0. The topological polar surface area (TPSA) is 54.7 Å². The molecule has 0 spiro atoms. The van der Waals surface area contributed by atoms with Gasteiger partial charge in [0.25, 0.3) is 5.91 Å². The van der Waals surface area contributed by atoms with Gasteiger partial charge in [-0.25, -0.2) is 0 Å². The summed E-state index contributed by atoms with van der Waals surface area (Å²) in [5, 5.41) is 2.98. The second-order valence-electron chi connectivity index (χ2n) is 5.58. The molecule has 5 heteroatoms. The predicted octanol–water partition coefficient (Wildman–Crippen LogP) is 1.67. The lowest BCUT2D eigenvalue weighted by Gasteiger charge is -2.36. The summed E-state index contributed by atoms with van der Waals surface area (Å²) in [6, 6.07) is 3.85. The zero-order chi connectivity index (χ0) is 14.5. The molecule has 2 rings (SSSR count). The second-order valence-corrected chi connectivity index (χ2v) is 5.58. The van der Waals surface area contributed by atoms with E-state index in [4.69, 9.17) is 9.15 Å². The highest BCUT2D eigenvalue weighted by molar-refractivity contribution is 5.91. The van der Waals surface area contributed by atoms with Crippen LogP contribution in [-0.2, 0) is 4.74 Å². The van der Waals surface area contributed by atoms with Crippen molar-refractivity contribution in [1.82, 2.24) is 10.2 Å². The van der Waals surface area contributed by atoms with Crippen molar-refractivity contribution >= 4 is 5.91 Å². The number of aryl methyl sites for hydroxylation is 1. The first-order valence-electron chi connectivity index (χ1n) is 7.24. The largest absolute Gasteiger partial charge is 0.456 e. The van der Waals surface area contributed by atoms with E-state index in [1.807, 2.05) is 6.92 Å². The first kappa shape index (κ1) is 15.1. The molecule has 1 aliphatic rings. The molecule has 1 aliphatic heterocycles. The minimum absolute atomic E-state index is 0.142. The summed E-state index contributed by atoms with van der Waals surface area (Å²) < 4.78 is 10.7. The number of hydrogen-bond donors (Lipinski definition) is 1. The van der Waals surface area contributed by atoms with E-state index in [0.29, 0.717) is 24.3 Å². The smallest absolute Gasteiger partial charge is 0.287 e. The van der Waals surface area contributed by atoms with Crippen LogP contribution in [-0.4, -0.2) is 49.7 Å². The van der Waals surface area contributed by atoms with Gasteiger partial charge in [0, 0.05) is 25.7 Å². The van der Waals surface area contributed by atoms with Crippen molar-refractivity contribution < 1.29 is 13.9 Å². The van der Waals surface area contributed by atoms with E-state index in [1.165, 1.54) is 0 Å². The predicted molar refractivity (Wildman–Crippen MR) is 76.8 cm³/mol. The van der Waals surface area contributed by atoms with Crippen molar-refractivity contribution in [2.75, 3.05) is 32.8 Å². The molecule has 0 aromatic carbocycles. The summed E-state index contributed by atoms with van der Waals surface area (Å²) in [4.78, 5) is 14.4. The molecule has 0 aliphatic carbocycles. The number of hydrogen-bond acceptors (Lipinski definition) is 4. The fraction of sp³-hybridized carbons (Fsp3) is 0.667. The van der Waals surface area contributed by atoms with Gasteiger partial charge in [0.1, 0.15) is 5.76 Å². The van der Waals surface area contributed by atoms with Crippen LogP contribution >= 0.6 is 0 Å². The molecule has 2 heterocycles. The molecule has 1 atom stereocenters. The Kier molecular flexibility index (Phi) is 5.20. The Balaban J connectivity index is 1.90. The standard InChI is InChI=1S/C15H24N2O3/c1-11(2)13(17-6-8-19-9-7-17)10-16-15(18)14-5-4-12(3)20-14/h4-5,11,13H,6-10H2,1-3H3,(H,16,18). The van der Waals surface area contributed by atoms with Crippen LogP contribution in [0.2, 0.25) is 0 Å². The van der Waals surface area contributed by atoms with Gasteiger partial charge in [-0.05, 0) is 25.0 Å². The molecule has 1 aromatic heterocycles. The second kappa shape index (κ2) is 6.90. The molecule has 0 saturated carbocycles. The average molecular weight is 280 g/mol. The van der Waals surface area contributed by atoms with Crippen LogP contribution in [0.4, 0.5) is 0 Å². The van der Waals surface area contributed by atoms with Crippen LogP contribution in [0.15, 0.2) is 16.5 Å². The van der Waals surface area contributed by atoms with Crippen molar-refractivity contribution in [3.63, 3.8) is 0 Å². The number of nitrogens with one attached hydrogen (secondary N) is 1. The number of carbonyl (C=O) groups excluding carboxylic acids is 1. The Morgan fingerprint density at radius 1 is 1.35 bits per heavy atom. The van der Waals surface area contributed by atoms with Gasteiger partial charge >= 0.3 is 0 Å². The van der Waals surface area contributed by atoms with Crippen molar-refractivity contribution in [1.29, 1.82) is 0 Å². The van der Waals surface area contributed by atoms with Gasteiger partial charge in [-0.15, -0.1) is 0 Å². The van der Waals surface area contributed by atoms with Gasteiger partial charge in [-0.2, -0.15) is 0 Å². The van der Waals surface area contributed by atoms with Gasteiger partial charge < -0.3 is 14.5 Å². The summed E-state index contributed by atoms with van der Waals surface area (Å²) in [5.74, 6) is 1.47. The van der Waals surface area contributed by atoms with Crippen LogP contribution in [0.1, 0.15) is 30.2 Å². The Bertz CT molecular complexity index is 436. The number of morpholine rings is 1. The van der Waals surface area contributed by atoms with Crippen molar-refractivity contribution in [3.05, 3.63) is 23.7 Å². The highest BCUT2D eigenvalue weighted by Crippen LogP contribution is 2.13. The molecule has 1 saturated heterocycles. The van der Waals surface area contributed by atoms with E-state index in [1.54, 1.807) is 12.1 Å². The maximum atomic E-state index is 12.0. The third-order valence-corrected chi connectivity index (χ3v) is 3.72. The fourth-order valence-corrected chi connectivity index (χ4v) is 2.54. The van der Waals surface area contributed by atoms with E-state index < -0.39 is 0 Å². The van der Waals surface area contributed by atoms with Gasteiger partial charge in [0.2, 0.25) is 0 Å². The third kappa shape index (κ3) is 3.84. The van der Waals surface area contributed by atoms with Crippen molar-refractivity contribution in [2.24, 2.45) is 5.92 Å². The Morgan fingerprint density at radius 3 is 2.60 bits per heavy atom. The highest BCUT2D eigenvalue weighted by Gasteiger charge is 2.24. The van der Waals surface area contributed by atoms with Crippen LogP contribution in [0.25, 0.3) is 0 Å². The Labute approximate surface area is 120 Å². The monoisotopic (exact) mass is 280 g/mol. The molecule has 0 radical (unpaired) electrons. The molecular formula is C15H24N2O3. The molecular weight excluding hydrogens is 256 g/mol. The minimum Gasteiger partial charge on any atom is -0.456 e. The molecule has 1 unspecified atom stereocenters. The zero-order valence-electron chi connectivity index (χ0n) is 12.5. The SMILES string of the molecule is Cc1ccc(C(=O)NCC(C(C)C)N2CCOCC2)o1. The van der Waals surface area contributed by atoms with Gasteiger partial charge in [0.05, 0.1) is 13.2 Å². The summed E-state index contributed by atoms with van der Waals surface area (Å²) in [5.41, 5.74) is 0. The quantitative estimate of drug-likeness (QED) is 0.891. The van der Waals surface area contributed by atoms with Crippen LogP contribution in [0, 0.1) is 12.8 Å². The number of ether oxygens (including phenoxy) is 1. The fourth-order valence-electron chi connectivity index (χ4n) is 2.54. The van der Waals surface area contributed by atoms with E-state index in [-0.39, 0.29) is 5.91 Å². The van der Waals surface area contributed by atoms with E-state index >= 15 is 0 Å². The molecule has 0 bridgehead atoms. The lowest BCUT2D eigenvalue weighted by molar-refractivity contribution is 0.00666. The van der Waals surface area contributed by atoms with Crippen LogP contribution < -0.4 is 5.32 Å². The summed E-state index contributed by atoms with van der Waals surface area (Å²) in [6.45, 7) is 10.2. The number of amides is 1. The maximum absolute atomic E-state index is 12.0. The number of rotatable bonds is 5. The maximum Gasteiger partial charge on any atom is 0.287 e. The summed E-state index contributed by atoms with van der Waals surface area (Å²) >= 11 is 0. The lowest BCUT2D eigenvalue weighted by atomic mass is 10.0. The molecule has 1 N–H and O–H groups in total. The van der Waals surface area contributed by atoms with Crippen LogP contribution in [0.5, 0.6) is 0 Å². The van der Waals surface area contributed by atoms with Crippen molar-refractivity contribution in [2.45, 2.75) is 26.8 Å². The third-order valence-electron chi connectivity index (χ3n) is 3.72. The van der Waals surface area contributed by atoms with Gasteiger partial charge in [-0.3, -0.25) is 9.69 Å². The average Bonchev–Trinajstić information content (AvgIpc) is 2.86. The first-order valence-corrected chi connectivity index (χ1v) is 7.24. The van der Waals surface area contributed by atoms with Crippen molar-refractivity contribution in [3.8, 4) is 0 Å². The molecule has 20 heavy (non-hydrogen) atoms. The van der Waals surface area contributed by atoms with E-state index in [0.717, 1.165) is 32.1 Å². The normalized spacial score (nSPS) is 18.2. The molecule has 1 aromatic rings. The number of nitrogens with zero attached hydrogens (tertiary/aromatic N) is 1. The van der Waals surface area contributed by atoms with E-state index in [2.05, 4.69) is 24.1 Å². The summed E-state index contributed by atoms with van der Waals surface area (Å²) in [7, 11) is 0. The number of furan rings is 1. The zero-order valence-corrected chi connectivity index (χ0v) is 12.5. The molecule has 1 fully saturated rings. The minimum atomic E-state index is -0.142. The Morgan fingerprint density at radius 2 is 2.05 bits per heavy atom. The molecule has 1 amide bonds.